The molecule has 3 rings (SSSR count). The molecule has 0 bridgehead atoms. The maximum Gasteiger partial charge on any atom is 0.209 e. The number of hydrogen-bond acceptors (Lipinski definition) is 4. The van der Waals surface area contributed by atoms with Crippen LogP contribution in [0.5, 0.6) is 10.8 Å². The number of nitrogens with zero attached hydrogens (tertiary/aromatic N) is 2. The second-order valence-electron chi connectivity index (χ2n) is 6.18. The lowest BCUT2D eigenvalue weighted by molar-refractivity contribution is 0.497. The average Bonchev–Trinajstić information content (AvgIpc) is 3.00. The van der Waals surface area contributed by atoms with Gasteiger partial charge in [-0.2, -0.15) is 4.37 Å². The Morgan fingerprint density at radius 3 is 2.69 bits per heavy atom. The van der Waals surface area contributed by atoms with Crippen LogP contribution in [-0.2, 0) is 0 Å². The zero-order valence-electron chi connectivity index (χ0n) is 14.9. The van der Waals surface area contributed by atoms with Crippen molar-refractivity contribution in [2.45, 2.75) is 20.8 Å². The molecule has 4 nitrogen and oxygen atoms in total. The first-order chi connectivity index (χ1) is 12.4. The van der Waals surface area contributed by atoms with Crippen LogP contribution in [0.15, 0.2) is 35.3 Å². The summed E-state index contributed by atoms with van der Waals surface area (Å²) >= 11 is 14.0. The summed E-state index contributed by atoms with van der Waals surface area (Å²) in [4.78, 5) is 4.63. The fourth-order valence-corrected chi connectivity index (χ4v) is 3.82. The molecule has 0 fully saturated rings. The molecule has 7 heteroatoms. The molecule has 136 valence electrons. The van der Waals surface area contributed by atoms with Gasteiger partial charge in [0.15, 0.2) is 0 Å². The first-order valence-electron chi connectivity index (χ1n) is 8.19. The van der Waals surface area contributed by atoms with E-state index in [1.807, 2.05) is 38.2 Å². The number of hydrogen-bond donors (Lipinski definition) is 1. The first-order valence-corrected chi connectivity index (χ1v) is 9.72. The Labute approximate surface area is 167 Å². The summed E-state index contributed by atoms with van der Waals surface area (Å²) in [6.07, 6.45) is 0. The third kappa shape index (κ3) is 3.80. The van der Waals surface area contributed by atoms with Gasteiger partial charge >= 0.3 is 0 Å². The van der Waals surface area contributed by atoms with Crippen molar-refractivity contribution in [2.24, 2.45) is 10.9 Å². The predicted molar refractivity (Wildman–Crippen MR) is 112 cm³/mol. The van der Waals surface area contributed by atoms with Gasteiger partial charge in [0.05, 0.1) is 26.6 Å². The minimum absolute atomic E-state index is 0.276. The summed E-state index contributed by atoms with van der Waals surface area (Å²) in [5.41, 5.74) is 2.46. The maximum absolute atomic E-state index is 6.44. The Morgan fingerprint density at radius 2 is 2.00 bits per heavy atom. The Morgan fingerprint density at radius 1 is 1.23 bits per heavy atom. The summed E-state index contributed by atoms with van der Waals surface area (Å²) < 4.78 is 10.5. The molecule has 0 amide bonds. The van der Waals surface area contributed by atoms with Crippen LogP contribution >= 0.6 is 34.7 Å². The summed E-state index contributed by atoms with van der Waals surface area (Å²) in [7, 11) is 1.86. The predicted octanol–water partition coefficient (Wildman–Crippen LogP) is 6.61. The Bertz CT molecular complexity index is 982. The standard InChI is InChI=1S/C19H19Cl2N3OS/c1-10(2)18(22-4)23-15-8-11(3)16(9-13(15)21)25-19-17-12(20)6-5-7-14(17)24-26-19/h5-10H,1-4H3,(H,22,23). The molecule has 2 aromatic carbocycles. The molecule has 0 spiro atoms. The van der Waals surface area contributed by atoms with Gasteiger partial charge in [-0.15, -0.1) is 0 Å². The van der Waals surface area contributed by atoms with Crippen molar-refractivity contribution < 1.29 is 4.74 Å². The van der Waals surface area contributed by atoms with E-state index in [1.165, 1.54) is 11.5 Å². The zero-order chi connectivity index (χ0) is 18.8. The first kappa shape index (κ1) is 19.0. The molecule has 0 atom stereocenters. The molecule has 0 saturated carbocycles. The second-order valence-corrected chi connectivity index (χ2v) is 7.73. The monoisotopic (exact) mass is 407 g/mol. The van der Waals surface area contributed by atoms with Gasteiger partial charge in [-0.05, 0) is 30.7 Å². The lowest BCUT2D eigenvalue weighted by Gasteiger charge is -2.12. The van der Waals surface area contributed by atoms with Crippen molar-refractivity contribution >= 4 is 57.2 Å². The van der Waals surface area contributed by atoms with E-state index in [9.17, 15) is 0 Å². The third-order valence-corrected chi connectivity index (χ3v) is 5.27. The van der Waals surface area contributed by atoms with Crippen molar-refractivity contribution in [3.05, 3.63) is 45.9 Å². The van der Waals surface area contributed by atoms with Crippen LogP contribution < -0.4 is 10.1 Å². The van der Waals surface area contributed by atoms with E-state index in [1.54, 1.807) is 6.07 Å². The molecule has 1 heterocycles. The van der Waals surface area contributed by atoms with Crippen molar-refractivity contribution in [3.63, 3.8) is 0 Å². The number of aromatic nitrogens is 1. The molecule has 0 aliphatic heterocycles. The highest BCUT2D eigenvalue weighted by molar-refractivity contribution is 7.09. The van der Waals surface area contributed by atoms with Crippen molar-refractivity contribution in [3.8, 4) is 10.8 Å². The number of nitrogens with one attached hydrogen (secondary N) is 1. The lowest BCUT2D eigenvalue weighted by atomic mass is 10.1. The van der Waals surface area contributed by atoms with E-state index < -0.39 is 0 Å². The Hall–Kier alpha value is -1.82. The molecule has 26 heavy (non-hydrogen) atoms. The van der Waals surface area contributed by atoms with Gasteiger partial charge in [-0.1, -0.05) is 43.1 Å². The molecule has 0 unspecified atom stereocenters. The van der Waals surface area contributed by atoms with Crippen LogP contribution in [0.25, 0.3) is 10.9 Å². The number of rotatable bonds is 4. The largest absolute Gasteiger partial charge is 0.444 e. The van der Waals surface area contributed by atoms with Crippen molar-refractivity contribution in [2.75, 3.05) is 7.05 Å². The van der Waals surface area contributed by atoms with Gasteiger partial charge < -0.3 is 10.1 Å². The highest BCUT2D eigenvalue weighted by Crippen LogP contribution is 2.41. The Balaban J connectivity index is 1.98. The van der Waals surface area contributed by atoms with Crippen LogP contribution in [0.1, 0.15) is 19.4 Å². The normalized spacial score (nSPS) is 12.0. The van der Waals surface area contributed by atoms with Crippen LogP contribution in [0.2, 0.25) is 10.0 Å². The maximum atomic E-state index is 6.44. The van der Waals surface area contributed by atoms with E-state index in [-0.39, 0.29) is 5.92 Å². The van der Waals surface area contributed by atoms with E-state index in [2.05, 4.69) is 28.5 Å². The van der Waals surface area contributed by atoms with Gasteiger partial charge in [0.1, 0.15) is 11.6 Å². The zero-order valence-corrected chi connectivity index (χ0v) is 17.3. The lowest BCUT2D eigenvalue weighted by Crippen LogP contribution is -2.23. The number of aliphatic imine (C=N–C) groups is 1. The van der Waals surface area contributed by atoms with Gasteiger partial charge in [0.2, 0.25) is 5.06 Å². The van der Waals surface area contributed by atoms with Crippen molar-refractivity contribution in [1.29, 1.82) is 0 Å². The SMILES string of the molecule is CNC(=Nc1cc(C)c(Oc2snc3cccc(Cl)c23)cc1Cl)C(C)C. The number of aryl methyl sites for hydroxylation is 1. The minimum atomic E-state index is 0.276. The molecular weight excluding hydrogens is 389 g/mol. The molecule has 1 aromatic heterocycles. The molecule has 0 saturated heterocycles. The quantitative estimate of drug-likeness (QED) is 0.390. The molecule has 1 N–H and O–H groups in total. The van der Waals surface area contributed by atoms with Gasteiger partial charge in [-0.3, -0.25) is 0 Å². The van der Waals surface area contributed by atoms with Crippen LogP contribution in [0.4, 0.5) is 5.69 Å². The number of ether oxygens (including phenoxy) is 1. The summed E-state index contributed by atoms with van der Waals surface area (Å²) in [6.45, 7) is 6.11. The van der Waals surface area contributed by atoms with E-state index in [0.29, 0.717) is 26.5 Å². The molecule has 3 aromatic rings. The van der Waals surface area contributed by atoms with E-state index >= 15 is 0 Å². The minimum Gasteiger partial charge on any atom is -0.444 e. The average molecular weight is 408 g/mol. The second kappa shape index (κ2) is 7.82. The summed E-state index contributed by atoms with van der Waals surface area (Å²) in [5, 5.41) is 5.72. The topological polar surface area (TPSA) is 46.5 Å². The summed E-state index contributed by atoms with van der Waals surface area (Å²) in [5.74, 6) is 1.81. The third-order valence-electron chi connectivity index (χ3n) is 3.91. The van der Waals surface area contributed by atoms with Crippen LogP contribution in [0.3, 0.4) is 0 Å². The molecule has 0 radical (unpaired) electrons. The number of fused-ring (bicyclic) bond motifs is 1. The Kier molecular flexibility index (Phi) is 5.70. The van der Waals surface area contributed by atoms with Gasteiger partial charge in [0, 0.05) is 30.6 Å². The van der Waals surface area contributed by atoms with Crippen LogP contribution in [-0.4, -0.2) is 17.3 Å². The van der Waals surface area contributed by atoms with E-state index in [0.717, 1.165) is 22.3 Å². The number of halogens is 2. The number of benzene rings is 2. The van der Waals surface area contributed by atoms with Gasteiger partial charge in [-0.25, -0.2) is 4.99 Å². The number of amidine groups is 1. The molecular formula is C19H19Cl2N3OS. The molecule has 0 aliphatic rings. The smallest absolute Gasteiger partial charge is 0.209 e. The van der Waals surface area contributed by atoms with Gasteiger partial charge in [0.25, 0.3) is 0 Å². The fraction of sp³-hybridized carbons (Fsp3) is 0.263. The summed E-state index contributed by atoms with van der Waals surface area (Å²) in [6, 6.07) is 9.31. The van der Waals surface area contributed by atoms with E-state index in [4.69, 9.17) is 27.9 Å². The van der Waals surface area contributed by atoms with Crippen LogP contribution in [0, 0.1) is 12.8 Å². The molecule has 0 aliphatic carbocycles. The fourth-order valence-electron chi connectivity index (χ4n) is 2.54. The highest BCUT2D eigenvalue weighted by atomic mass is 35.5. The van der Waals surface area contributed by atoms with Crippen molar-refractivity contribution in [1.82, 2.24) is 9.69 Å². The highest BCUT2D eigenvalue weighted by Gasteiger charge is 2.15.